The minimum absolute atomic E-state index is 0.741. The van der Waals surface area contributed by atoms with Crippen molar-refractivity contribution in [3.8, 4) is 11.5 Å². The molecule has 2 rings (SSSR count). The summed E-state index contributed by atoms with van der Waals surface area (Å²) in [4.78, 5) is 1.29. The Balaban J connectivity index is 2.00. The van der Waals surface area contributed by atoms with E-state index in [9.17, 15) is 0 Å². The first-order valence-electron chi connectivity index (χ1n) is 5.88. The number of hydrogen-bond donors (Lipinski definition) is 1. The maximum atomic E-state index is 5.35. The lowest BCUT2D eigenvalue weighted by Gasteiger charge is -2.11. The van der Waals surface area contributed by atoms with Gasteiger partial charge in [-0.05, 0) is 45.6 Å². The molecule has 0 unspecified atom stereocenters. The third-order valence-corrected chi connectivity index (χ3v) is 4.71. The molecule has 1 aromatic heterocycles. The van der Waals surface area contributed by atoms with Crippen LogP contribution >= 0.6 is 27.3 Å². The number of rotatable bonds is 6. The summed E-state index contributed by atoms with van der Waals surface area (Å²) in [6.45, 7) is 1.57. The Hall–Kier alpha value is -1.04. The highest BCUT2D eigenvalue weighted by Gasteiger charge is 2.06. The van der Waals surface area contributed by atoms with Gasteiger partial charge >= 0.3 is 0 Å². The first-order valence-corrected chi connectivity index (χ1v) is 7.55. The van der Waals surface area contributed by atoms with Crippen molar-refractivity contribution in [3.05, 3.63) is 44.6 Å². The fraction of sp³-hybridized carbons (Fsp3) is 0.286. The second-order valence-electron chi connectivity index (χ2n) is 3.97. The van der Waals surface area contributed by atoms with E-state index in [1.807, 2.05) is 18.2 Å². The molecule has 0 spiro atoms. The molecular formula is C14H16BrNO2S. The molecule has 2 aromatic rings. The molecular weight excluding hydrogens is 326 g/mol. The van der Waals surface area contributed by atoms with Crippen molar-refractivity contribution in [2.75, 3.05) is 14.2 Å². The quantitative estimate of drug-likeness (QED) is 0.866. The predicted molar refractivity (Wildman–Crippen MR) is 82.1 cm³/mol. The van der Waals surface area contributed by atoms with Gasteiger partial charge in [0.05, 0.1) is 14.2 Å². The first kappa shape index (κ1) is 14.4. The zero-order valence-electron chi connectivity index (χ0n) is 10.9. The van der Waals surface area contributed by atoms with Gasteiger partial charge in [-0.15, -0.1) is 11.3 Å². The highest BCUT2D eigenvalue weighted by molar-refractivity contribution is 9.10. The molecule has 1 N–H and O–H groups in total. The number of methoxy groups -OCH3 is 2. The second-order valence-corrected chi connectivity index (χ2v) is 5.83. The van der Waals surface area contributed by atoms with Crippen LogP contribution in [0.2, 0.25) is 0 Å². The van der Waals surface area contributed by atoms with Crippen molar-refractivity contribution < 1.29 is 9.47 Å². The molecule has 1 aromatic carbocycles. The van der Waals surface area contributed by atoms with Crippen LogP contribution < -0.4 is 14.8 Å². The smallest absolute Gasteiger partial charge is 0.123 e. The average Bonchev–Trinajstić information content (AvgIpc) is 2.84. The third kappa shape index (κ3) is 3.72. The Labute approximate surface area is 125 Å². The molecule has 0 aliphatic rings. The fourth-order valence-corrected chi connectivity index (χ4v) is 3.24. The molecule has 19 heavy (non-hydrogen) atoms. The van der Waals surface area contributed by atoms with Crippen LogP contribution in [0.4, 0.5) is 0 Å². The molecule has 102 valence electrons. The average molecular weight is 342 g/mol. The molecule has 0 atom stereocenters. The van der Waals surface area contributed by atoms with Crippen molar-refractivity contribution in [1.82, 2.24) is 5.32 Å². The zero-order chi connectivity index (χ0) is 13.7. The van der Waals surface area contributed by atoms with E-state index in [4.69, 9.17) is 9.47 Å². The van der Waals surface area contributed by atoms with Crippen molar-refractivity contribution in [3.63, 3.8) is 0 Å². The highest BCUT2D eigenvalue weighted by atomic mass is 79.9. The molecule has 0 aliphatic heterocycles. The Bertz CT molecular complexity index is 542. The summed E-state index contributed by atoms with van der Waals surface area (Å²) in [5.74, 6) is 1.72. The second kappa shape index (κ2) is 6.93. The lowest BCUT2D eigenvalue weighted by molar-refractivity contribution is 0.397. The van der Waals surface area contributed by atoms with Crippen LogP contribution in [0.1, 0.15) is 10.4 Å². The van der Waals surface area contributed by atoms with Crippen molar-refractivity contribution >= 4 is 27.3 Å². The van der Waals surface area contributed by atoms with Gasteiger partial charge in [0.1, 0.15) is 11.5 Å². The Morgan fingerprint density at radius 2 is 2.00 bits per heavy atom. The van der Waals surface area contributed by atoms with Crippen LogP contribution in [-0.4, -0.2) is 14.2 Å². The van der Waals surface area contributed by atoms with Crippen molar-refractivity contribution in [2.24, 2.45) is 0 Å². The van der Waals surface area contributed by atoms with Gasteiger partial charge in [-0.2, -0.15) is 0 Å². The van der Waals surface area contributed by atoms with E-state index >= 15 is 0 Å². The normalized spacial score (nSPS) is 10.5. The summed E-state index contributed by atoms with van der Waals surface area (Å²) in [6, 6.07) is 7.89. The number of hydrogen-bond acceptors (Lipinski definition) is 4. The van der Waals surface area contributed by atoms with Gasteiger partial charge in [-0.25, -0.2) is 0 Å². The Kier molecular flexibility index (Phi) is 5.24. The van der Waals surface area contributed by atoms with Crippen LogP contribution in [0.25, 0.3) is 0 Å². The standard InChI is InChI=1S/C14H16BrNO2S/c1-17-11-3-4-13(18-2)10(7-11)8-16-9-14-12(15)5-6-19-14/h3-7,16H,8-9H2,1-2H3. The lowest BCUT2D eigenvalue weighted by atomic mass is 10.2. The maximum Gasteiger partial charge on any atom is 0.123 e. The van der Waals surface area contributed by atoms with E-state index in [1.54, 1.807) is 25.6 Å². The topological polar surface area (TPSA) is 30.5 Å². The van der Waals surface area contributed by atoms with Gasteiger partial charge < -0.3 is 14.8 Å². The molecule has 0 saturated carbocycles. The SMILES string of the molecule is COc1ccc(OC)c(CNCc2sccc2Br)c1. The molecule has 0 amide bonds. The van der Waals surface area contributed by atoms with Crippen LogP contribution in [-0.2, 0) is 13.1 Å². The molecule has 1 heterocycles. The van der Waals surface area contributed by atoms with E-state index in [-0.39, 0.29) is 0 Å². The summed E-state index contributed by atoms with van der Waals surface area (Å²) in [5, 5.41) is 5.49. The maximum absolute atomic E-state index is 5.35. The van der Waals surface area contributed by atoms with Crippen LogP contribution in [0.3, 0.4) is 0 Å². The molecule has 0 saturated heterocycles. The lowest BCUT2D eigenvalue weighted by Crippen LogP contribution is -2.13. The van der Waals surface area contributed by atoms with Gasteiger partial charge in [0.15, 0.2) is 0 Å². The van der Waals surface area contributed by atoms with Crippen LogP contribution in [0, 0.1) is 0 Å². The number of thiophene rings is 1. The van der Waals surface area contributed by atoms with Crippen LogP contribution in [0.5, 0.6) is 11.5 Å². The predicted octanol–water partition coefficient (Wildman–Crippen LogP) is 3.82. The summed E-state index contributed by atoms with van der Waals surface area (Å²) in [6.07, 6.45) is 0. The molecule has 0 fully saturated rings. The fourth-order valence-electron chi connectivity index (χ4n) is 1.78. The number of halogens is 1. The largest absolute Gasteiger partial charge is 0.497 e. The van der Waals surface area contributed by atoms with Gasteiger partial charge in [0.25, 0.3) is 0 Å². The van der Waals surface area contributed by atoms with Crippen molar-refractivity contribution in [2.45, 2.75) is 13.1 Å². The van der Waals surface area contributed by atoms with Gasteiger partial charge in [0, 0.05) is 28.0 Å². The summed E-state index contributed by atoms with van der Waals surface area (Å²) < 4.78 is 11.7. The summed E-state index contributed by atoms with van der Waals surface area (Å²) in [7, 11) is 3.35. The number of benzene rings is 1. The minimum Gasteiger partial charge on any atom is -0.497 e. The minimum atomic E-state index is 0.741. The molecule has 0 bridgehead atoms. The van der Waals surface area contributed by atoms with E-state index in [0.717, 1.165) is 34.6 Å². The molecule has 0 radical (unpaired) electrons. The van der Waals surface area contributed by atoms with E-state index < -0.39 is 0 Å². The molecule has 0 aliphatic carbocycles. The summed E-state index contributed by atoms with van der Waals surface area (Å²) >= 11 is 5.27. The van der Waals surface area contributed by atoms with E-state index in [2.05, 4.69) is 32.7 Å². The molecule has 5 heteroatoms. The number of nitrogens with one attached hydrogen (secondary N) is 1. The molecule has 3 nitrogen and oxygen atoms in total. The van der Waals surface area contributed by atoms with Gasteiger partial charge in [0.2, 0.25) is 0 Å². The van der Waals surface area contributed by atoms with Gasteiger partial charge in [-0.3, -0.25) is 0 Å². The number of ether oxygens (including phenoxy) is 2. The zero-order valence-corrected chi connectivity index (χ0v) is 13.3. The Morgan fingerprint density at radius 1 is 1.16 bits per heavy atom. The van der Waals surface area contributed by atoms with E-state index in [1.165, 1.54) is 4.88 Å². The monoisotopic (exact) mass is 341 g/mol. The third-order valence-electron chi connectivity index (χ3n) is 2.78. The first-order chi connectivity index (χ1) is 9.24. The highest BCUT2D eigenvalue weighted by Crippen LogP contribution is 2.25. The van der Waals surface area contributed by atoms with Gasteiger partial charge in [-0.1, -0.05) is 0 Å². The van der Waals surface area contributed by atoms with Crippen LogP contribution in [0.15, 0.2) is 34.1 Å². The van der Waals surface area contributed by atoms with Crippen molar-refractivity contribution in [1.29, 1.82) is 0 Å². The summed E-state index contributed by atoms with van der Waals surface area (Å²) in [5.41, 5.74) is 1.09. The Morgan fingerprint density at radius 3 is 2.63 bits per heavy atom. The van der Waals surface area contributed by atoms with E-state index in [0.29, 0.717) is 0 Å².